The number of carbonyl (C=O) groups is 1. The molecule has 6 nitrogen and oxygen atoms in total. The van der Waals surface area contributed by atoms with Gasteiger partial charge in [0.15, 0.2) is 0 Å². The smallest absolute Gasteiger partial charge is 0.257 e. The molecule has 1 aliphatic rings. The Morgan fingerprint density at radius 3 is 2.59 bits per heavy atom. The van der Waals surface area contributed by atoms with Gasteiger partial charge in [0.2, 0.25) is 10.0 Å². The molecule has 0 aromatic heterocycles. The second-order valence-corrected chi connectivity index (χ2v) is 9.12. The number of hydrogen-bond donors (Lipinski definition) is 1. The van der Waals surface area contributed by atoms with Gasteiger partial charge in [0, 0.05) is 19.6 Å². The van der Waals surface area contributed by atoms with Gasteiger partial charge in [0.25, 0.3) is 5.91 Å². The number of carbonyl (C=O) groups excluding carboxylic acids is 1. The molecule has 1 N–H and O–H groups in total. The largest absolute Gasteiger partial charge is 0.496 e. The van der Waals surface area contributed by atoms with E-state index in [0.717, 1.165) is 19.3 Å². The summed E-state index contributed by atoms with van der Waals surface area (Å²) in [5.41, 5.74) is 2.67. The number of rotatable bonds is 8. The Morgan fingerprint density at radius 2 is 1.90 bits per heavy atom. The van der Waals surface area contributed by atoms with Gasteiger partial charge in [-0.15, -0.1) is 0 Å². The molecule has 0 bridgehead atoms. The normalized spacial score (nSPS) is 14.2. The molecule has 29 heavy (non-hydrogen) atoms. The maximum absolute atomic E-state index is 12.8. The first kappa shape index (κ1) is 21.3. The summed E-state index contributed by atoms with van der Waals surface area (Å²) in [5, 5.41) is 0. The average Bonchev–Trinajstić information content (AvgIpc) is 3.25. The van der Waals surface area contributed by atoms with Gasteiger partial charge in [0.1, 0.15) is 5.75 Å². The highest BCUT2D eigenvalue weighted by atomic mass is 32.2. The van der Waals surface area contributed by atoms with Crippen LogP contribution in [-0.2, 0) is 16.4 Å². The standard InChI is InChI=1S/C22H28N2O4S/c1-17-7-5-8-18(15-17)9-6-12-23-29(26,27)19-10-11-21(28-2)20(16-19)22(25)24-13-3-4-14-24/h5,7-8,10-11,15-16,23H,3-4,6,9,12-14H2,1-2H3. The van der Waals surface area contributed by atoms with E-state index >= 15 is 0 Å². The predicted molar refractivity (Wildman–Crippen MR) is 113 cm³/mol. The van der Waals surface area contributed by atoms with Crippen LogP contribution in [0.1, 0.15) is 40.7 Å². The molecule has 1 heterocycles. The van der Waals surface area contributed by atoms with Crippen molar-refractivity contribution in [1.82, 2.24) is 9.62 Å². The minimum Gasteiger partial charge on any atom is -0.496 e. The Balaban J connectivity index is 1.67. The van der Waals surface area contributed by atoms with Crippen molar-refractivity contribution in [2.45, 2.75) is 37.5 Å². The van der Waals surface area contributed by atoms with Crippen molar-refractivity contribution in [3.63, 3.8) is 0 Å². The molecule has 0 unspecified atom stereocenters. The molecule has 1 aliphatic heterocycles. The summed E-state index contributed by atoms with van der Waals surface area (Å²) in [6.07, 6.45) is 3.42. The van der Waals surface area contributed by atoms with Gasteiger partial charge in [-0.3, -0.25) is 4.79 Å². The van der Waals surface area contributed by atoms with Gasteiger partial charge in [-0.1, -0.05) is 29.8 Å². The Kier molecular flexibility index (Phi) is 6.92. The number of amides is 1. The van der Waals surface area contributed by atoms with Crippen LogP contribution in [0.25, 0.3) is 0 Å². The summed E-state index contributed by atoms with van der Waals surface area (Å²) in [6.45, 7) is 3.75. The highest BCUT2D eigenvalue weighted by molar-refractivity contribution is 7.89. The molecule has 1 amide bonds. The quantitative estimate of drug-likeness (QED) is 0.671. The number of hydrogen-bond acceptors (Lipinski definition) is 4. The number of methoxy groups -OCH3 is 1. The minimum atomic E-state index is -3.70. The molecule has 156 valence electrons. The van der Waals surface area contributed by atoms with E-state index in [4.69, 9.17) is 4.74 Å². The Hall–Kier alpha value is -2.38. The molecule has 0 spiro atoms. The lowest BCUT2D eigenvalue weighted by Crippen LogP contribution is -2.29. The minimum absolute atomic E-state index is 0.0800. The summed E-state index contributed by atoms with van der Waals surface area (Å²) in [7, 11) is -2.22. The van der Waals surface area contributed by atoms with Crippen molar-refractivity contribution < 1.29 is 17.9 Å². The molecular weight excluding hydrogens is 388 g/mol. The molecule has 1 fully saturated rings. The number of ether oxygens (including phenoxy) is 1. The zero-order chi connectivity index (χ0) is 20.9. The third-order valence-electron chi connectivity index (χ3n) is 5.12. The highest BCUT2D eigenvalue weighted by Gasteiger charge is 2.25. The van der Waals surface area contributed by atoms with Crippen molar-refractivity contribution >= 4 is 15.9 Å². The number of aryl methyl sites for hydroxylation is 2. The third kappa shape index (κ3) is 5.36. The molecule has 1 saturated heterocycles. The van der Waals surface area contributed by atoms with Gasteiger partial charge < -0.3 is 9.64 Å². The zero-order valence-electron chi connectivity index (χ0n) is 17.0. The van der Waals surface area contributed by atoms with Gasteiger partial charge in [-0.05, 0) is 56.4 Å². The number of nitrogens with zero attached hydrogens (tertiary/aromatic N) is 1. The van der Waals surface area contributed by atoms with Crippen molar-refractivity contribution in [2.24, 2.45) is 0 Å². The van der Waals surface area contributed by atoms with Crippen LogP contribution < -0.4 is 9.46 Å². The zero-order valence-corrected chi connectivity index (χ0v) is 17.8. The van der Waals surface area contributed by atoms with Gasteiger partial charge >= 0.3 is 0 Å². The van der Waals surface area contributed by atoms with Crippen LogP contribution in [-0.4, -0.2) is 46.0 Å². The summed E-state index contributed by atoms with van der Waals surface area (Å²) >= 11 is 0. The Labute approximate surface area is 172 Å². The van der Waals surface area contributed by atoms with Crippen LogP contribution in [0.15, 0.2) is 47.4 Å². The summed E-state index contributed by atoms with van der Waals surface area (Å²) < 4.78 is 33.4. The molecule has 0 saturated carbocycles. The van der Waals surface area contributed by atoms with E-state index < -0.39 is 10.0 Å². The molecule has 0 aliphatic carbocycles. The molecule has 7 heteroatoms. The van der Waals surface area contributed by atoms with Crippen molar-refractivity contribution in [1.29, 1.82) is 0 Å². The van der Waals surface area contributed by atoms with Crippen molar-refractivity contribution in [2.75, 3.05) is 26.7 Å². The third-order valence-corrected chi connectivity index (χ3v) is 6.58. The van der Waals surface area contributed by atoms with E-state index in [9.17, 15) is 13.2 Å². The van der Waals surface area contributed by atoms with Crippen LogP contribution in [0.5, 0.6) is 5.75 Å². The van der Waals surface area contributed by atoms with E-state index in [1.54, 1.807) is 11.0 Å². The van der Waals surface area contributed by atoms with Crippen LogP contribution in [0.2, 0.25) is 0 Å². The Morgan fingerprint density at radius 1 is 1.14 bits per heavy atom. The lowest BCUT2D eigenvalue weighted by atomic mass is 10.1. The monoisotopic (exact) mass is 416 g/mol. The maximum atomic E-state index is 12.8. The lowest BCUT2D eigenvalue weighted by Gasteiger charge is -2.18. The molecular formula is C22H28N2O4S. The second kappa shape index (κ2) is 9.41. The van der Waals surface area contributed by atoms with Crippen LogP contribution in [0, 0.1) is 6.92 Å². The average molecular weight is 417 g/mol. The summed E-state index contributed by atoms with van der Waals surface area (Å²) in [4.78, 5) is 14.6. The van der Waals surface area contributed by atoms with Gasteiger partial charge in [0.05, 0.1) is 17.6 Å². The fourth-order valence-electron chi connectivity index (χ4n) is 3.56. The first-order valence-electron chi connectivity index (χ1n) is 9.93. The number of likely N-dealkylation sites (tertiary alicyclic amines) is 1. The topological polar surface area (TPSA) is 75.7 Å². The number of nitrogens with one attached hydrogen (secondary N) is 1. The highest BCUT2D eigenvalue weighted by Crippen LogP contribution is 2.25. The SMILES string of the molecule is COc1ccc(S(=O)(=O)NCCCc2cccc(C)c2)cc1C(=O)N1CCCC1. The Bertz CT molecular complexity index is 967. The molecule has 2 aromatic rings. The van der Waals surface area contributed by atoms with E-state index in [2.05, 4.69) is 10.8 Å². The second-order valence-electron chi connectivity index (χ2n) is 7.35. The molecule has 0 atom stereocenters. The van der Waals surface area contributed by atoms with Crippen molar-refractivity contribution in [3.8, 4) is 5.75 Å². The molecule has 2 aromatic carbocycles. The first-order chi connectivity index (χ1) is 13.9. The van der Waals surface area contributed by atoms with Crippen LogP contribution >= 0.6 is 0 Å². The fraction of sp³-hybridized carbons (Fsp3) is 0.409. The van der Waals surface area contributed by atoms with Gasteiger partial charge in [-0.2, -0.15) is 0 Å². The maximum Gasteiger partial charge on any atom is 0.257 e. The van der Waals surface area contributed by atoms with Crippen molar-refractivity contribution in [3.05, 3.63) is 59.2 Å². The van der Waals surface area contributed by atoms with E-state index in [1.807, 2.05) is 25.1 Å². The predicted octanol–water partition coefficient (Wildman–Crippen LogP) is 3.15. The van der Waals surface area contributed by atoms with Crippen LogP contribution in [0.3, 0.4) is 0 Å². The lowest BCUT2D eigenvalue weighted by molar-refractivity contribution is 0.0789. The van der Waals surface area contributed by atoms with E-state index in [0.29, 0.717) is 31.8 Å². The fourth-order valence-corrected chi connectivity index (χ4v) is 4.66. The molecule has 0 radical (unpaired) electrons. The van der Waals surface area contributed by atoms with E-state index in [-0.39, 0.29) is 16.4 Å². The van der Waals surface area contributed by atoms with Crippen LogP contribution in [0.4, 0.5) is 0 Å². The number of benzene rings is 2. The molecule has 3 rings (SSSR count). The van der Waals surface area contributed by atoms with E-state index in [1.165, 1.54) is 30.4 Å². The first-order valence-corrected chi connectivity index (χ1v) is 11.4. The number of sulfonamides is 1. The summed E-state index contributed by atoms with van der Waals surface area (Å²) in [6, 6.07) is 12.6. The summed E-state index contributed by atoms with van der Waals surface area (Å²) in [5.74, 6) is 0.205. The van der Waals surface area contributed by atoms with Gasteiger partial charge in [-0.25, -0.2) is 13.1 Å².